The van der Waals surface area contributed by atoms with E-state index in [4.69, 9.17) is 0 Å². The predicted molar refractivity (Wildman–Crippen MR) is 92.3 cm³/mol. The molecule has 2 amide bonds. The van der Waals surface area contributed by atoms with E-state index in [-0.39, 0.29) is 30.3 Å². The minimum Gasteiger partial charge on any atom is -0.352 e. The van der Waals surface area contributed by atoms with E-state index in [9.17, 15) is 9.59 Å². The first-order chi connectivity index (χ1) is 11.5. The Balaban J connectivity index is 1.52. The van der Waals surface area contributed by atoms with E-state index in [0.717, 1.165) is 23.7 Å². The van der Waals surface area contributed by atoms with Crippen LogP contribution in [0.15, 0.2) is 30.5 Å². The fourth-order valence-electron chi connectivity index (χ4n) is 3.17. The number of para-hydroxylation sites is 1. The Morgan fingerprint density at radius 2 is 1.96 bits per heavy atom. The van der Waals surface area contributed by atoms with Crippen LogP contribution in [0.4, 0.5) is 0 Å². The Morgan fingerprint density at radius 3 is 2.67 bits per heavy atom. The zero-order chi connectivity index (χ0) is 17.1. The lowest BCUT2D eigenvalue weighted by Crippen LogP contribution is -2.48. The molecule has 0 spiro atoms. The molecule has 2 aromatic rings. The van der Waals surface area contributed by atoms with Gasteiger partial charge in [-0.15, -0.1) is 0 Å². The second kappa shape index (κ2) is 7.03. The fourth-order valence-corrected chi connectivity index (χ4v) is 3.17. The van der Waals surface area contributed by atoms with Crippen molar-refractivity contribution in [1.82, 2.24) is 20.0 Å². The van der Waals surface area contributed by atoms with E-state index in [1.54, 1.807) is 10.9 Å². The van der Waals surface area contributed by atoms with Crippen LogP contribution in [0.25, 0.3) is 10.9 Å². The third-order valence-corrected chi connectivity index (χ3v) is 4.51. The van der Waals surface area contributed by atoms with Gasteiger partial charge in [0, 0.05) is 30.4 Å². The summed E-state index contributed by atoms with van der Waals surface area (Å²) >= 11 is 0. The number of benzene rings is 1. The van der Waals surface area contributed by atoms with Gasteiger partial charge in [0.1, 0.15) is 6.54 Å². The molecule has 6 nitrogen and oxygen atoms in total. The molecule has 1 N–H and O–H groups in total. The van der Waals surface area contributed by atoms with Crippen molar-refractivity contribution in [2.45, 2.75) is 39.3 Å². The molecule has 1 aromatic carbocycles. The molecular weight excluding hydrogens is 304 g/mol. The SMILES string of the molecule is CC(C)C(=O)N1CCC(NC(=O)Cn2ncc3ccccc32)CC1. The van der Waals surface area contributed by atoms with Gasteiger partial charge in [0.2, 0.25) is 11.8 Å². The molecule has 24 heavy (non-hydrogen) atoms. The van der Waals surface area contributed by atoms with E-state index >= 15 is 0 Å². The molecule has 3 rings (SSSR count). The largest absolute Gasteiger partial charge is 0.352 e. The maximum absolute atomic E-state index is 12.3. The molecule has 2 heterocycles. The highest BCUT2D eigenvalue weighted by atomic mass is 16.2. The van der Waals surface area contributed by atoms with Crippen molar-refractivity contribution >= 4 is 22.7 Å². The van der Waals surface area contributed by atoms with E-state index in [0.29, 0.717) is 13.1 Å². The van der Waals surface area contributed by atoms with Crippen molar-refractivity contribution in [3.05, 3.63) is 30.5 Å². The summed E-state index contributed by atoms with van der Waals surface area (Å²) in [5.74, 6) is 0.199. The van der Waals surface area contributed by atoms with Crippen LogP contribution in [0.3, 0.4) is 0 Å². The van der Waals surface area contributed by atoms with Gasteiger partial charge in [-0.25, -0.2) is 0 Å². The second-order valence-electron chi connectivity index (χ2n) is 6.68. The van der Waals surface area contributed by atoms with Crippen molar-refractivity contribution < 1.29 is 9.59 Å². The maximum Gasteiger partial charge on any atom is 0.241 e. The number of piperidine rings is 1. The lowest BCUT2D eigenvalue weighted by molar-refractivity contribution is -0.135. The van der Waals surface area contributed by atoms with Crippen LogP contribution in [0, 0.1) is 5.92 Å². The molecule has 1 fully saturated rings. The van der Waals surface area contributed by atoms with Crippen LogP contribution in [-0.4, -0.2) is 45.6 Å². The molecule has 128 valence electrons. The first-order valence-electron chi connectivity index (χ1n) is 8.53. The molecular formula is C18H24N4O2. The summed E-state index contributed by atoms with van der Waals surface area (Å²) in [5, 5.41) is 8.39. The van der Waals surface area contributed by atoms with Crippen LogP contribution in [0.2, 0.25) is 0 Å². The topological polar surface area (TPSA) is 67.2 Å². The minimum atomic E-state index is -0.0301. The monoisotopic (exact) mass is 328 g/mol. The van der Waals surface area contributed by atoms with Crippen molar-refractivity contribution in [3.8, 4) is 0 Å². The smallest absolute Gasteiger partial charge is 0.241 e. The van der Waals surface area contributed by atoms with Crippen LogP contribution < -0.4 is 5.32 Å². The van der Waals surface area contributed by atoms with Crippen LogP contribution >= 0.6 is 0 Å². The summed E-state index contributed by atoms with van der Waals surface area (Å²) in [7, 11) is 0. The number of hydrogen-bond acceptors (Lipinski definition) is 3. The molecule has 0 unspecified atom stereocenters. The standard InChI is InChI=1S/C18H24N4O2/c1-13(2)18(24)21-9-7-15(8-10-21)20-17(23)12-22-16-6-4-3-5-14(16)11-19-22/h3-6,11,13,15H,7-10,12H2,1-2H3,(H,20,23). The molecule has 1 saturated heterocycles. The Bertz CT molecular complexity index is 729. The lowest BCUT2D eigenvalue weighted by atomic mass is 10.0. The third-order valence-electron chi connectivity index (χ3n) is 4.51. The summed E-state index contributed by atoms with van der Waals surface area (Å²) in [6, 6.07) is 7.99. The van der Waals surface area contributed by atoms with Gasteiger partial charge in [-0.2, -0.15) is 5.10 Å². The Labute approximate surface area is 141 Å². The molecule has 1 aromatic heterocycles. The predicted octanol–water partition coefficient (Wildman–Crippen LogP) is 1.80. The number of carbonyl (C=O) groups is 2. The number of hydrogen-bond donors (Lipinski definition) is 1. The number of rotatable bonds is 4. The zero-order valence-electron chi connectivity index (χ0n) is 14.2. The van der Waals surface area contributed by atoms with Gasteiger partial charge in [0.05, 0.1) is 11.7 Å². The van der Waals surface area contributed by atoms with Crippen molar-refractivity contribution in [3.63, 3.8) is 0 Å². The van der Waals surface area contributed by atoms with E-state index < -0.39 is 0 Å². The highest BCUT2D eigenvalue weighted by Crippen LogP contribution is 2.14. The molecule has 6 heteroatoms. The molecule has 0 atom stereocenters. The zero-order valence-corrected chi connectivity index (χ0v) is 14.2. The fraction of sp³-hybridized carbons (Fsp3) is 0.500. The van der Waals surface area contributed by atoms with Crippen LogP contribution in [0.5, 0.6) is 0 Å². The van der Waals surface area contributed by atoms with Crippen LogP contribution in [0.1, 0.15) is 26.7 Å². The molecule has 0 radical (unpaired) electrons. The number of nitrogens with one attached hydrogen (secondary N) is 1. The molecule has 0 aliphatic carbocycles. The first kappa shape index (κ1) is 16.5. The summed E-state index contributed by atoms with van der Waals surface area (Å²) in [5.41, 5.74) is 0.963. The molecule has 1 aliphatic heterocycles. The van der Waals surface area contributed by atoms with Gasteiger partial charge >= 0.3 is 0 Å². The quantitative estimate of drug-likeness (QED) is 0.930. The maximum atomic E-state index is 12.3. The van der Waals surface area contributed by atoms with Gasteiger partial charge in [0.15, 0.2) is 0 Å². The Hall–Kier alpha value is -2.37. The molecule has 1 aliphatic rings. The molecule has 0 saturated carbocycles. The third kappa shape index (κ3) is 3.58. The van der Waals surface area contributed by atoms with Gasteiger partial charge < -0.3 is 10.2 Å². The van der Waals surface area contributed by atoms with E-state index in [2.05, 4.69) is 10.4 Å². The van der Waals surface area contributed by atoms with Gasteiger partial charge in [-0.3, -0.25) is 14.3 Å². The highest BCUT2D eigenvalue weighted by Gasteiger charge is 2.25. The first-order valence-corrected chi connectivity index (χ1v) is 8.53. The normalized spacial score (nSPS) is 15.9. The van der Waals surface area contributed by atoms with Gasteiger partial charge in [0.25, 0.3) is 0 Å². The number of likely N-dealkylation sites (tertiary alicyclic amines) is 1. The number of amides is 2. The van der Waals surface area contributed by atoms with E-state index in [1.165, 1.54) is 0 Å². The van der Waals surface area contributed by atoms with Crippen molar-refractivity contribution in [2.75, 3.05) is 13.1 Å². The van der Waals surface area contributed by atoms with Crippen molar-refractivity contribution in [1.29, 1.82) is 0 Å². The van der Waals surface area contributed by atoms with Gasteiger partial charge in [-0.1, -0.05) is 32.0 Å². The number of fused-ring (bicyclic) bond motifs is 1. The highest BCUT2D eigenvalue weighted by molar-refractivity contribution is 5.82. The Morgan fingerprint density at radius 1 is 1.25 bits per heavy atom. The van der Waals surface area contributed by atoms with Crippen LogP contribution in [-0.2, 0) is 16.1 Å². The lowest BCUT2D eigenvalue weighted by Gasteiger charge is -2.33. The minimum absolute atomic E-state index is 0.0301. The van der Waals surface area contributed by atoms with Crippen molar-refractivity contribution in [2.24, 2.45) is 5.92 Å². The summed E-state index contributed by atoms with van der Waals surface area (Å²) in [6.45, 7) is 5.49. The van der Waals surface area contributed by atoms with E-state index in [1.807, 2.05) is 43.0 Å². The summed E-state index contributed by atoms with van der Waals surface area (Å²) < 4.78 is 1.72. The number of carbonyl (C=O) groups excluding carboxylic acids is 2. The average Bonchev–Trinajstić information content (AvgIpc) is 2.98. The number of aromatic nitrogens is 2. The average molecular weight is 328 g/mol. The van der Waals surface area contributed by atoms with Gasteiger partial charge in [-0.05, 0) is 18.9 Å². The number of nitrogens with zero attached hydrogens (tertiary/aromatic N) is 3. The summed E-state index contributed by atoms with van der Waals surface area (Å²) in [6.07, 6.45) is 3.40. The molecule has 0 bridgehead atoms. The Kier molecular flexibility index (Phi) is 4.83. The summed E-state index contributed by atoms with van der Waals surface area (Å²) in [4.78, 5) is 26.2. The second-order valence-corrected chi connectivity index (χ2v) is 6.68.